The molecule has 0 amide bonds. The summed E-state index contributed by atoms with van der Waals surface area (Å²) >= 11 is 0. The van der Waals surface area contributed by atoms with Crippen molar-refractivity contribution in [3.8, 4) is 0 Å². The molecule has 0 bridgehead atoms. The Morgan fingerprint density at radius 1 is 1.27 bits per heavy atom. The molecule has 0 aromatic rings. The first-order valence-electron chi connectivity index (χ1n) is 5.75. The normalized spacial score (nSPS) is 31.3. The van der Waals surface area contributed by atoms with Crippen LogP contribution in [0.3, 0.4) is 0 Å². The van der Waals surface area contributed by atoms with E-state index in [1.165, 1.54) is 10.8 Å². The number of ketones is 1. The van der Waals surface area contributed by atoms with Gasteiger partial charge in [0.15, 0.2) is 5.78 Å². The third-order valence-corrected chi connectivity index (χ3v) is 5.67. The molecule has 0 unspecified atom stereocenters. The highest BCUT2D eigenvalue weighted by Gasteiger charge is 2.44. The molecule has 2 nitrogen and oxygen atoms in total. The SMILES string of the molecule is CO[C@H]1CC[C@@H]2CC(=O)C([Si](C)(C)C)=C21. The van der Waals surface area contributed by atoms with Gasteiger partial charge in [0.2, 0.25) is 0 Å². The number of hydrogen-bond donors (Lipinski definition) is 0. The number of ether oxygens (including phenoxy) is 1. The summed E-state index contributed by atoms with van der Waals surface area (Å²) in [6, 6.07) is 0. The number of allylic oxidation sites excluding steroid dienone is 1. The van der Waals surface area contributed by atoms with Crippen molar-refractivity contribution in [2.75, 3.05) is 7.11 Å². The Hall–Kier alpha value is -0.413. The maximum atomic E-state index is 12.0. The first kappa shape index (κ1) is 11.1. The number of methoxy groups -OCH3 is 1. The second-order valence-corrected chi connectivity index (χ2v) is 10.7. The minimum absolute atomic E-state index is 0.239. The van der Waals surface area contributed by atoms with Crippen molar-refractivity contribution in [2.24, 2.45) is 5.92 Å². The van der Waals surface area contributed by atoms with Crippen LogP contribution in [0.15, 0.2) is 10.8 Å². The summed E-state index contributed by atoms with van der Waals surface area (Å²) in [4.78, 5) is 12.0. The molecule has 0 N–H and O–H groups in total. The molecular formula is C12H20O2Si. The van der Waals surface area contributed by atoms with Crippen molar-refractivity contribution in [1.82, 2.24) is 0 Å². The largest absolute Gasteiger partial charge is 0.377 e. The van der Waals surface area contributed by atoms with Crippen LogP contribution in [0.4, 0.5) is 0 Å². The molecule has 3 heteroatoms. The van der Waals surface area contributed by atoms with E-state index >= 15 is 0 Å². The number of carbonyl (C=O) groups is 1. The van der Waals surface area contributed by atoms with Gasteiger partial charge >= 0.3 is 0 Å². The average Bonchev–Trinajstić information content (AvgIpc) is 2.59. The van der Waals surface area contributed by atoms with Gasteiger partial charge in [0.25, 0.3) is 0 Å². The molecule has 2 rings (SSSR count). The van der Waals surface area contributed by atoms with E-state index in [0.29, 0.717) is 11.7 Å². The molecule has 0 heterocycles. The van der Waals surface area contributed by atoms with Gasteiger partial charge in [-0.3, -0.25) is 4.79 Å². The molecule has 15 heavy (non-hydrogen) atoms. The Labute approximate surface area is 92.7 Å². The zero-order chi connectivity index (χ0) is 11.2. The van der Waals surface area contributed by atoms with Gasteiger partial charge in [-0.15, -0.1) is 0 Å². The van der Waals surface area contributed by atoms with E-state index in [1.54, 1.807) is 7.11 Å². The number of fused-ring (bicyclic) bond motifs is 1. The molecular weight excluding hydrogens is 204 g/mol. The van der Waals surface area contributed by atoms with Gasteiger partial charge in [0.1, 0.15) is 0 Å². The first-order valence-corrected chi connectivity index (χ1v) is 9.25. The van der Waals surface area contributed by atoms with Crippen molar-refractivity contribution in [3.05, 3.63) is 10.8 Å². The third-order valence-electron chi connectivity index (χ3n) is 3.60. The molecule has 0 aromatic heterocycles. The maximum absolute atomic E-state index is 12.0. The maximum Gasteiger partial charge on any atom is 0.155 e. The minimum Gasteiger partial charge on any atom is -0.377 e. The van der Waals surface area contributed by atoms with Gasteiger partial charge < -0.3 is 4.74 Å². The Balaban J connectivity index is 2.46. The van der Waals surface area contributed by atoms with Gasteiger partial charge in [-0.1, -0.05) is 19.6 Å². The van der Waals surface area contributed by atoms with Crippen LogP contribution in [0.2, 0.25) is 19.6 Å². The number of hydrogen-bond acceptors (Lipinski definition) is 2. The fourth-order valence-electron chi connectivity index (χ4n) is 3.09. The summed E-state index contributed by atoms with van der Waals surface area (Å²) in [7, 11) is 0.287. The molecule has 0 aliphatic heterocycles. The van der Waals surface area contributed by atoms with Crippen LogP contribution in [0.1, 0.15) is 19.3 Å². The van der Waals surface area contributed by atoms with Crippen molar-refractivity contribution in [2.45, 2.75) is 45.0 Å². The molecule has 0 saturated heterocycles. The molecule has 1 saturated carbocycles. The van der Waals surface area contributed by atoms with E-state index in [1.807, 2.05) is 0 Å². The lowest BCUT2D eigenvalue weighted by molar-refractivity contribution is -0.114. The van der Waals surface area contributed by atoms with Crippen molar-refractivity contribution < 1.29 is 9.53 Å². The molecule has 2 aliphatic rings. The van der Waals surface area contributed by atoms with Crippen LogP contribution >= 0.6 is 0 Å². The Kier molecular flexibility index (Phi) is 2.63. The highest BCUT2D eigenvalue weighted by atomic mass is 28.3. The van der Waals surface area contributed by atoms with Crippen molar-refractivity contribution in [1.29, 1.82) is 0 Å². The average molecular weight is 224 g/mol. The van der Waals surface area contributed by atoms with Gasteiger partial charge in [0, 0.05) is 13.5 Å². The van der Waals surface area contributed by atoms with Crippen LogP contribution in [0.5, 0.6) is 0 Å². The van der Waals surface area contributed by atoms with Gasteiger partial charge in [0.05, 0.1) is 14.2 Å². The summed E-state index contributed by atoms with van der Waals surface area (Å²) in [5.41, 5.74) is 1.38. The lowest BCUT2D eigenvalue weighted by atomic mass is 10.1. The van der Waals surface area contributed by atoms with Gasteiger partial charge in [-0.2, -0.15) is 0 Å². The smallest absolute Gasteiger partial charge is 0.155 e. The van der Waals surface area contributed by atoms with Crippen molar-refractivity contribution >= 4 is 13.9 Å². The lowest BCUT2D eigenvalue weighted by Gasteiger charge is -2.21. The van der Waals surface area contributed by atoms with Crippen LogP contribution in [-0.2, 0) is 9.53 Å². The van der Waals surface area contributed by atoms with E-state index in [4.69, 9.17) is 4.74 Å². The predicted octanol–water partition coefficient (Wildman–Crippen LogP) is 2.56. The number of rotatable bonds is 2. The topological polar surface area (TPSA) is 26.3 Å². The summed E-state index contributed by atoms with van der Waals surface area (Å²) in [6.07, 6.45) is 3.25. The fraction of sp³-hybridized carbons (Fsp3) is 0.750. The summed E-state index contributed by atoms with van der Waals surface area (Å²) in [5.74, 6) is 0.931. The zero-order valence-electron chi connectivity index (χ0n) is 10.1. The minimum atomic E-state index is -1.48. The molecule has 1 fully saturated rings. The lowest BCUT2D eigenvalue weighted by Crippen LogP contribution is -2.30. The van der Waals surface area contributed by atoms with Crippen LogP contribution in [0, 0.1) is 5.92 Å². The van der Waals surface area contributed by atoms with Crippen LogP contribution in [-0.4, -0.2) is 27.1 Å². The van der Waals surface area contributed by atoms with Gasteiger partial charge in [-0.05, 0) is 29.5 Å². The second kappa shape index (κ2) is 3.56. The first-order chi connectivity index (χ1) is 6.95. The van der Waals surface area contributed by atoms with Crippen molar-refractivity contribution in [3.63, 3.8) is 0 Å². The summed E-state index contributed by atoms with van der Waals surface area (Å²) in [5, 5.41) is 1.19. The third kappa shape index (κ3) is 1.72. The standard InChI is InChI=1S/C12H20O2Si/c1-14-10-6-5-8-7-9(13)12(11(8)10)15(2,3)4/h8,10H,5-7H2,1-4H3/t8-,10+/m1/s1. The summed E-state index contributed by atoms with van der Waals surface area (Å²) < 4.78 is 5.51. The Morgan fingerprint density at radius 2 is 1.93 bits per heavy atom. The Morgan fingerprint density at radius 3 is 2.47 bits per heavy atom. The van der Waals surface area contributed by atoms with Crippen LogP contribution < -0.4 is 0 Å². The highest BCUT2D eigenvalue weighted by molar-refractivity contribution is 6.87. The second-order valence-electron chi connectivity index (χ2n) is 5.71. The van der Waals surface area contributed by atoms with Gasteiger partial charge in [-0.25, -0.2) is 0 Å². The van der Waals surface area contributed by atoms with E-state index in [9.17, 15) is 4.79 Å². The monoisotopic (exact) mass is 224 g/mol. The van der Waals surface area contributed by atoms with E-state index in [0.717, 1.165) is 19.3 Å². The highest BCUT2D eigenvalue weighted by Crippen LogP contribution is 2.45. The van der Waals surface area contributed by atoms with E-state index in [2.05, 4.69) is 19.6 Å². The molecule has 0 spiro atoms. The van der Waals surface area contributed by atoms with E-state index < -0.39 is 8.07 Å². The van der Waals surface area contributed by atoms with E-state index in [-0.39, 0.29) is 6.10 Å². The fourth-order valence-corrected chi connectivity index (χ4v) is 5.26. The number of carbonyl (C=O) groups excluding carboxylic acids is 1. The molecule has 2 aliphatic carbocycles. The molecule has 84 valence electrons. The predicted molar refractivity (Wildman–Crippen MR) is 63.5 cm³/mol. The Bertz CT molecular complexity index is 325. The molecule has 0 radical (unpaired) electrons. The quantitative estimate of drug-likeness (QED) is 0.674. The molecule has 2 atom stereocenters. The number of Topliss-reactive ketones (excluding diaryl/α,β-unsaturated/α-hetero) is 1. The van der Waals surface area contributed by atoms with Crippen LogP contribution in [0.25, 0.3) is 0 Å². The molecule has 0 aromatic carbocycles. The zero-order valence-corrected chi connectivity index (χ0v) is 11.1. The summed E-state index contributed by atoms with van der Waals surface area (Å²) in [6.45, 7) is 6.79.